The molecule has 12 nitrogen and oxygen atoms in total. The van der Waals surface area contributed by atoms with Gasteiger partial charge in [0, 0.05) is 12.1 Å². The number of hydrogen-bond donors (Lipinski definition) is 4. The van der Waals surface area contributed by atoms with E-state index in [1.807, 2.05) is 0 Å². The maximum absolute atomic E-state index is 12.3. The Morgan fingerprint density at radius 3 is 2.17 bits per heavy atom. The topological polar surface area (TPSA) is 197 Å². The van der Waals surface area contributed by atoms with Gasteiger partial charge < -0.3 is 26.8 Å². The van der Waals surface area contributed by atoms with Crippen LogP contribution in [0.5, 0.6) is 0 Å². The van der Waals surface area contributed by atoms with E-state index in [2.05, 4.69) is 10.6 Å². The minimum absolute atomic E-state index is 0.123. The summed E-state index contributed by atoms with van der Waals surface area (Å²) in [6, 6.07) is 2.07. The van der Waals surface area contributed by atoms with Gasteiger partial charge in [0.25, 0.3) is 5.69 Å². The summed E-state index contributed by atoms with van der Waals surface area (Å²) in [4.78, 5) is 57.3. The van der Waals surface area contributed by atoms with Crippen LogP contribution in [0, 0.1) is 10.1 Å². The smallest absolute Gasteiger partial charge is 0.329 e. The largest absolute Gasteiger partial charge is 0.459 e. The van der Waals surface area contributed by atoms with Crippen LogP contribution in [0.25, 0.3) is 0 Å². The van der Waals surface area contributed by atoms with E-state index in [0.29, 0.717) is 5.56 Å². The number of rotatable bonds is 10. The summed E-state index contributed by atoms with van der Waals surface area (Å²) in [5, 5.41) is 15.3. The van der Waals surface area contributed by atoms with Gasteiger partial charge in [0.05, 0.1) is 17.4 Å². The highest BCUT2D eigenvalue weighted by atomic mass is 16.6. The number of non-ortho nitro benzene ring substituents is 1. The quantitative estimate of drug-likeness (QED) is 0.211. The number of carbonyl (C=O) groups is 4. The van der Waals surface area contributed by atoms with Crippen LogP contribution in [-0.2, 0) is 30.5 Å². The van der Waals surface area contributed by atoms with E-state index in [4.69, 9.17) is 16.2 Å². The number of hydrogen-bond acceptors (Lipinski definition) is 8. The monoisotopic (exact) mass is 409 g/mol. The van der Waals surface area contributed by atoms with Crippen molar-refractivity contribution in [3.05, 3.63) is 39.9 Å². The van der Waals surface area contributed by atoms with Crippen LogP contribution in [0.4, 0.5) is 5.69 Å². The molecule has 0 heterocycles. The van der Waals surface area contributed by atoms with Gasteiger partial charge in [-0.05, 0) is 31.5 Å². The lowest BCUT2D eigenvalue weighted by Gasteiger charge is -2.20. The Balaban J connectivity index is 2.71. The van der Waals surface area contributed by atoms with E-state index < -0.39 is 53.2 Å². The van der Waals surface area contributed by atoms with Crippen LogP contribution in [-0.4, -0.2) is 46.7 Å². The van der Waals surface area contributed by atoms with Crippen LogP contribution in [0.1, 0.15) is 25.8 Å². The van der Waals surface area contributed by atoms with Crippen molar-refractivity contribution in [3.8, 4) is 0 Å². The number of nitro groups is 1. The lowest BCUT2D eigenvalue weighted by Crippen LogP contribution is -2.53. The molecule has 1 rings (SSSR count). The van der Waals surface area contributed by atoms with Gasteiger partial charge in [-0.2, -0.15) is 0 Å². The summed E-state index contributed by atoms with van der Waals surface area (Å²) in [5.41, 5.74) is 10.9. The number of primary amides is 1. The van der Waals surface area contributed by atoms with E-state index >= 15 is 0 Å². The molecule has 3 atom stereocenters. The summed E-state index contributed by atoms with van der Waals surface area (Å²) in [6.07, 6.45) is -0.515. The molecule has 0 spiro atoms. The third kappa shape index (κ3) is 7.92. The number of nitrogens with zero attached hydrogens (tertiary/aromatic N) is 1. The van der Waals surface area contributed by atoms with Gasteiger partial charge in [-0.1, -0.05) is 0 Å². The second-order valence-electron chi connectivity index (χ2n) is 6.28. The van der Waals surface area contributed by atoms with Crippen molar-refractivity contribution in [2.24, 2.45) is 11.5 Å². The number of ether oxygens (including phenoxy) is 1. The van der Waals surface area contributed by atoms with E-state index in [1.165, 1.54) is 38.1 Å². The molecule has 0 saturated carbocycles. The van der Waals surface area contributed by atoms with Gasteiger partial charge >= 0.3 is 5.97 Å². The highest BCUT2D eigenvalue weighted by Crippen LogP contribution is 2.13. The first kappa shape index (κ1) is 23.5. The third-order valence-electron chi connectivity index (χ3n) is 3.70. The number of nitro benzene ring substituents is 1. The van der Waals surface area contributed by atoms with Crippen LogP contribution in [0.15, 0.2) is 24.3 Å². The molecule has 0 bridgehead atoms. The van der Waals surface area contributed by atoms with E-state index in [-0.39, 0.29) is 12.3 Å². The molecule has 0 aliphatic carbocycles. The fourth-order valence-corrected chi connectivity index (χ4v) is 2.07. The average Bonchev–Trinajstić information content (AvgIpc) is 2.65. The first-order chi connectivity index (χ1) is 13.5. The zero-order chi connectivity index (χ0) is 22.1. The molecule has 1 aromatic rings. The fourth-order valence-electron chi connectivity index (χ4n) is 2.07. The maximum Gasteiger partial charge on any atom is 0.329 e. The van der Waals surface area contributed by atoms with Gasteiger partial charge in [0.15, 0.2) is 0 Å². The number of carbonyl (C=O) groups excluding carboxylic acids is 4. The predicted molar refractivity (Wildman–Crippen MR) is 99.9 cm³/mol. The molecule has 1 aromatic carbocycles. The molecule has 29 heavy (non-hydrogen) atoms. The standard InChI is InChI=1S/C17H23N5O7/c1-9(18)15(24)20-10(2)16(25)21-13(7-14(19)23)17(26)29-8-11-3-5-12(6-4-11)22(27)28/h3-6,9-10,13H,7-8,18H2,1-2H3,(H2,19,23)(H,20,24)(H,21,25). The maximum atomic E-state index is 12.3. The molecule has 6 N–H and O–H groups in total. The molecule has 12 heteroatoms. The summed E-state index contributed by atoms with van der Waals surface area (Å²) >= 11 is 0. The Morgan fingerprint density at radius 1 is 1.10 bits per heavy atom. The highest BCUT2D eigenvalue weighted by molar-refractivity contribution is 5.93. The fraction of sp³-hybridized carbons (Fsp3) is 0.412. The number of benzene rings is 1. The first-order valence-corrected chi connectivity index (χ1v) is 8.55. The zero-order valence-corrected chi connectivity index (χ0v) is 15.9. The average molecular weight is 409 g/mol. The molecular weight excluding hydrogens is 386 g/mol. The first-order valence-electron chi connectivity index (χ1n) is 8.55. The van der Waals surface area contributed by atoms with E-state index in [1.54, 1.807) is 0 Å². The Hall–Kier alpha value is -3.54. The van der Waals surface area contributed by atoms with Crippen molar-refractivity contribution < 1.29 is 28.8 Å². The molecule has 0 aliphatic heterocycles. The Morgan fingerprint density at radius 2 is 1.69 bits per heavy atom. The Kier molecular flexibility index (Phi) is 8.68. The second-order valence-corrected chi connectivity index (χ2v) is 6.28. The number of esters is 1. The lowest BCUT2D eigenvalue weighted by molar-refractivity contribution is -0.384. The highest BCUT2D eigenvalue weighted by Gasteiger charge is 2.27. The molecule has 3 amide bonds. The van der Waals surface area contributed by atoms with Crippen molar-refractivity contribution in [2.75, 3.05) is 0 Å². The Labute approximate surface area is 166 Å². The Bertz CT molecular complexity index is 779. The van der Waals surface area contributed by atoms with Crippen molar-refractivity contribution in [2.45, 2.75) is 45.0 Å². The number of amides is 3. The SMILES string of the molecule is CC(N)C(=O)NC(C)C(=O)NC(CC(N)=O)C(=O)OCc1ccc([N+](=O)[O-])cc1. The lowest BCUT2D eigenvalue weighted by atomic mass is 10.1. The molecule has 0 saturated heterocycles. The molecule has 3 unspecified atom stereocenters. The molecule has 0 aliphatic rings. The normalized spacial score (nSPS) is 13.5. The molecule has 0 aromatic heterocycles. The third-order valence-corrected chi connectivity index (χ3v) is 3.70. The van der Waals surface area contributed by atoms with Crippen molar-refractivity contribution in [1.82, 2.24) is 10.6 Å². The minimum atomic E-state index is -1.37. The molecule has 158 valence electrons. The van der Waals surface area contributed by atoms with Crippen LogP contribution in [0.2, 0.25) is 0 Å². The van der Waals surface area contributed by atoms with Gasteiger partial charge in [-0.15, -0.1) is 0 Å². The molecule has 0 fully saturated rings. The van der Waals surface area contributed by atoms with Gasteiger partial charge in [-0.3, -0.25) is 24.5 Å². The van der Waals surface area contributed by atoms with E-state index in [0.717, 1.165) is 0 Å². The van der Waals surface area contributed by atoms with Gasteiger partial charge in [0.1, 0.15) is 18.7 Å². The predicted octanol–water partition coefficient (Wildman–Crippen LogP) is -1.15. The zero-order valence-electron chi connectivity index (χ0n) is 15.9. The van der Waals surface area contributed by atoms with Gasteiger partial charge in [-0.25, -0.2) is 4.79 Å². The van der Waals surface area contributed by atoms with Crippen LogP contribution >= 0.6 is 0 Å². The molecular formula is C17H23N5O7. The van der Waals surface area contributed by atoms with Crippen LogP contribution < -0.4 is 22.1 Å². The van der Waals surface area contributed by atoms with Crippen molar-refractivity contribution >= 4 is 29.4 Å². The molecule has 0 radical (unpaired) electrons. The summed E-state index contributed by atoms with van der Waals surface area (Å²) in [5.74, 6) is -3.09. The second kappa shape index (κ2) is 10.7. The van der Waals surface area contributed by atoms with E-state index in [9.17, 15) is 29.3 Å². The van der Waals surface area contributed by atoms with Crippen molar-refractivity contribution in [3.63, 3.8) is 0 Å². The number of nitrogens with one attached hydrogen (secondary N) is 2. The summed E-state index contributed by atoms with van der Waals surface area (Å²) in [6.45, 7) is 2.57. The number of nitrogens with two attached hydrogens (primary N) is 2. The summed E-state index contributed by atoms with van der Waals surface area (Å²) in [7, 11) is 0. The summed E-state index contributed by atoms with van der Waals surface area (Å²) < 4.78 is 5.05. The van der Waals surface area contributed by atoms with Crippen molar-refractivity contribution in [1.29, 1.82) is 0 Å². The van der Waals surface area contributed by atoms with Gasteiger partial charge in [0.2, 0.25) is 17.7 Å². The minimum Gasteiger partial charge on any atom is -0.459 e. The van der Waals surface area contributed by atoms with Crippen LogP contribution in [0.3, 0.4) is 0 Å².